The molecule has 3 aromatic rings. The van der Waals surface area contributed by atoms with Crippen molar-refractivity contribution in [3.05, 3.63) is 64.6 Å². The lowest BCUT2D eigenvalue weighted by molar-refractivity contribution is -0.132. The number of rotatable bonds is 6. The second-order valence-electron chi connectivity index (χ2n) is 7.21. The number of benzene rings is 1. The van der Waals surface area contributed by atoms with Crippen molar-refractivity contribution in [2.45, 2.75) is 42.3 Å². The van der Waals surface area contributed by atoms with Gasteiger partial charge in [-0.05, 0) is 24.5 Å². The number of nitrogens with zero attached hydrogens (tertiary/aromatic N) is 2. The number of amides is 2. The molecule has 162 valence electrons. The number of carbonyl (C=O) groups excluding carboxylic acids is 2. The predicted molar refractivity (Wildman–Crippen MR) is 114 cm³/mol. The number of hydrazine groups is 1. The van der Waals surface area contributed by atoms with E-state index in [2.05, 4.69) is 10.4 Å². The topological polar surface area (TPSA) is 75.5 Å². The van der Waals surface area contributed by atoms with Gasteiger partial charge in [-0.25, -0.2) is 4.98 Å². The first kappa shape index (κ1) is 21.6. The smallest absolute Gasteiger partial charge is 0.293 e. The summed E-state index contributed by atoms with van der Waals surface area (Å²) < 4.78 is 26.5. The van der Waals surface area contributed by atoms with E-state index in [9.17, 15) is 18.4 Å². The average Bonchev–Trinajstić information content (AvgIpc) is 3.09. The van der Waals surface area contributed by atoms with Crippen molar-refractivity contribution in [3.8, 4) is 0 Å². The number of imidazole rings is 1. The minimum absolute atomic E-state index is 0.0861. The van der Waals surface area contributed by atoms with Crippen molar-refractivity contribution in [3.63, 3.8) is 0 Å². The zero-order valence-electron chi connectivity index (χ0n) is 16.3. The van der Waals surface area contributed by atoms with Crippen molar-refractivity contribution >= 4 is 40.8 Å². The molecule has 0 saturated heterocycles. The fourth-order valence-corrected chi connectivity index (χ4v) is 4.56. The number of nitrogens with one attached hydrogen (secondary N) is 2. The van der Waals surface area contributed by atoms with Gasteiger partial charge in [0, 0.05) is 22.8 Å². The van der Waals surface area contributed by atoms with Gasteiger partial charge in [-0.3, -0.25) is 24.8 Å². The van der Waals surface area contributed by atoms with Gasteiger partial charge in [0.25, 0.3) is 5.91 Å². The number of hydrogen-bond acceptors (Lipinski definition) is 4. The first-order chi connectivity index (χ1) is 14.9. The van der Waals surface area contributed by atoms with E-state index in [1.54, 1.807) is 33.9 Å². The van der Waals surface area contributed by atoms with Crippen molar-refractivity contribution in [1.82, 2.24) is 20.2 Å². The van der Waals surface area contributed by atoms with Gasteiger partial charge < -0.3 is 0 Å². The van der Waals surface area contributed by atoms with Crippen molar-refractivity contribution in [2.24, 2.45) is 0 Å². The fraction of sp³-hybridized carbons (Fsp3) is 0.286. The summed E-state index contributed by atoms with van der Waals surface area (Å²) in [7, 11) is 0. The van der Waals surface area contributed by atoms with Gasteiger partial charge in [0.1, 0.15) is 5.69 Å². The van der Waals surface area contributed by atoms with Crippen LogP contribution in [0.15, 0.2) is 47.5 Å². The van der Waals surface area contributed by atoms with Crippen LogP contribution in [-0.4, -0.2) is 27.6 Å². The summed E-state index contributed by atoms with van der Waals surface area (Å²) in [6.45, 7) is 0. The predicted octanol–water partition coefficient (Wildman–Crippen LogP) is 4.57. The Kier molecular flexibility index (Phi) is 6.43. The molecule has 0 spiro atoms. The summed E-state index contributed by atoms with van der Waals surface area (Å²) in [4.78, 5) is 29.4. The molecule has 1 fully saturated rings. The summed E-state index contributed by atoms with van der Waals surface area (Å²) in [6, 6.07) is 11.7. The molecule has 0 bridgehead atoms. The summed E-state index contributed by atoms with van der Waals surface area (Å²) in [5, 5.41) is 0.384. The molecule has 1 aliphatic carbocycles. The molecule has 1 saturated carbocycles. The van der Waals surface area contributed by atoms with Crippen molar-refractivity contribution < 1.29 is 18.4 Å². The minimum atomic E-state index is -3.23. The van der Waals surface area contributed by atoms with Crippen LogP contribution in [0, 0.1) is 0 Å². The van der Waals surface area contributed by atoms with Crippen LogP contribution in [0.5, 0.6) is 0 Å². The lowest BCUT2D eigenvalue weighted by atomic mass is 9.82. The van der Waals surface area contributed by atoms with Gasteiger partial charge in [-0.1, -0.05) is 48.4 Å². The second-order valence-corrected chi connectivity index (χ2v) is 8.67. The van der Waals surface area contributed by atoms with Crippen LogP contribution >= 0.6 is 23.4 Å². The van der Waals surface area contributed by atoms with Gasteiger partial charge in [0.05, 0.1) is 10.7 Å². The van der Waals surface area contributed by atoms with Crippen LogP contribution < -0.4 is 10.9 Å². The van der Waals surface area contributed by atoms with E-state index in [4.69, 9.17) is 11.6 Å². The van der Waals surface area contributed by atoms with Crippen LogP contribution in [0.3, 0.4) is 0 Å². The third kappa shape index (κ3) is 4.67. The molecule has 10 heteroatoms. The summed E-state index contributed by atoms with van der Waals surface area (Å²) in [6.07, 6.45) is 1.30. The van der Waals surface area contributed by atoms with Crippen molar-refractivity contribution in [1.29, 1.82) is 0 Å². The number of thioether (sulfide) groups is 1. The van der Waals surface area contributed by atoms with Gasteiger partial charge >= 0.3 is 12.3 Å². The molecule has 6 nitrogen and oxygen atoms in total. The van der Waals surface area contributed by atoms with E-state index >= 15 is 0 Å². The van der Waals surface area contributed by atoms with Gasteiger partial charge in [-0.2, -0.15) is 8.78 Å². The number of hydrogen-bond donors (Lipinski definition) is 2. The van der Waals surface area contributed by atoms with E-state index in [1.165, 1.54) is 0 Å². The molecule has 1 aliphatic rings. The van der Waals surface area contributed by atoms with Crippen LogP contribution in [0.1, 0.15) is 46.9 Å². The average molecular weight is 465 g/mol. The maximum Gasteiger partial charge on any atom is 0.317 e. The molecule has 1 aromatic carbocycles. The molecule has 2 amide bonds. The Morgan fingerprint density at radius 1 is 1.23 bits per heavy atom. The molecule has 0 aliphatic heterocycles. The number of fused-ring (bicyclic) bond motifs is 1. The molecular formula is C21H19ClF2N4O2S. The number of alkyl halides is 2. The SMILES string of the molecule is O=C(NNC(=O)C(F)F)c1c(C2CCC2)nc2c(Cl)cc(SCc3ccccc3)cn12. The summed E-state index contributed by atoms with van der Waals surface area (Å²) in [5.74, 6) is -1.50. The zero-order chi connectivity index (χ0) is 22.0. The monoisotopic (exact) mass is 464 g/mol. The molecular weight excluding hydrogens is 446 g/mol. The lowest BCUT2D eigenvalue weighted by Crippen LogP contribution is -2.45. The van der Waals surface area contributed by atoms with Gasteiger partial charge in [0.2, 0.25) is 0 Å². The Balaban J connectivity index is 1.66. The molecule has 2 aromatic heterocycles. The third-order valence-corrected chi connectivity index (χ3v) is 6.44. The van der Waals surface area contributed by atoms with E-state index < -0.39 is 18.2 Å². The maximum absolute atomic E-state index is 12.8. The van der Waals surface area contributed by atoms with E-state index in [-0.39, 0.29) is 11.6 Å². The normalized spacial score (nSPS) is 13.9. The number of pyridine rings is 1. The van der Waals surface area contributed by atoms with Crippen LogP contribution in [0.25, 0.3) is 5.65 Å². The number of halogens is 3. The zero-order valence-corrected chi connectivity index (χ0v) is 17.9. The maximum atomic E-state index is 12.8. The Morgan fingerprint density at radius 3 is 2.61 bits per heavy atom. The van der Waals surface area contributed by atoms with Crippen LogP contribution in [0.4, 0.5) is 8.78 Å². The lowest BCUT2D eigenvalue weighted by Gasteiger charge is -2.24. The molecule has 4 rings (SSSR count). The third-order valence-electron chi connectivity index (χ3n) is 5.13. The standard InChI is InChI=1S/C21H19ClF2N4O2S/c22-15-9-14(31-11-12-5-2-1-3-6-12)10-28-17(20(29)26-27-21(30)18(23)24)16(25-19(15)28)13-7-4-8-13/h1-3,5-6,9-10,13,18H,4,7-8,11H2,(H,26,29)(H,27,30). The highest BCUT2D eigenvalue weighted by molar-refractivity contribution is 7.98. The second kappa shape index (κ2) is 9.23. The Labute approximate surface area is 186 Å². The number of aromatic nitrogens is 2. The van der Waals surface area contributed by atoms with E-state index in [0.717, 1.165) is 29.7 Å². The highest BCUT2D eigenvalue weighted by atomic mass is 35.5. The first-order valence-corrected chi connectivity index (χ1v) is 11.1. The highest BCUT2D eigenvalue weighted by Gasteiger charge is 2.31. The molecule has 0 radical (unpaired) electrons. The highest BCUT2D eigenvalue weighted by Crippen LogP contribution is 2.39. The van der Waals surface area contributed by atoms with Crippen LogP contribution in [0.2, 0.25) is 5.02 Å². The molecule has 31 heavy (non-hydrogen) atoms. The molecule has 0 atom stereocenters. The fourth-order valence-electron chi connectivity index (χ4n) is 3.34. The minimum Gasteiger partial charge on any atom is -0.293 e. The van der Waals surface area contributed by atoms with E-state index in [1.807, 2.05) is 30.3 Å². The van der Waals surface area contributed by atoms with E-state index in [0.29, 0.717) is 22.1 Å². The molecule has 2 N–H and O–H groups in total. The molecule has 2 heterocycles. The largest absolute Gasteiger partial charge is 0.317 e. The Morgan fingerprint density at radius 2 is 1.97 bits per heavy atom. The number of carbonyl (C=O) groups is 2. The van der Waals surface area contributed by atoms with Crippen molar-refractivity contribution in [2.75, 3.05) is 0 Å². The quantitative estimate of drug-likeness (QED) is 0.414. The van der Waals surface area contributed by atoms with Crippen LogP contribution in [-0.2, 0) is 10.5 Å². The Bertz CT molecular complexity index is 1120. The Hall–Kier alpha value is -2.65. The van der Waals surface area contributed by atoms with Gasteiger partial charge in [0.15, 0.2) is 5.65 Å². The molecule has 0 unspecified atom stereocenters. The summed E-state index contributed by atoms with van der Waals surface area (Å²) in [5.41, 5.74) is 6.12. The van der Waals surface area contributed by atoms with Gasteiger partial charge in [-0.15, -0.1) is 11.8 Å². The first-order valence-electron chi connectivity index (χ1n) is 9.70. The summed E-state index contributed by atoms with van der Waals surface area (Å²) >= 11 is 8.02.